The lowest BCUT2D eigenvalue weighted by Crippen LogP contribution is -1.93. The molecule has 0 fully saturated rings. The van der Waals surface area contributed by atoms with Crippen molar-refractivity contribution < 1.29 is 4.79 Å². The van der Waals surface area contributed by atoms with Gasteiger partial charge < -0.3 is 0 Å². The van der Waals surface area contributed by atoms with Crippen molar-refractivity contribution in [2.75, 3.05) is 0 Å². The number of rotatable bonds is 3. The van der Waals surface area contributed by atoms with Crippen LogP contribution in [0.5, 0.6) is 0 Å². The zero-order valence-electron chi connectivity index (χ0n) is 7.91. The summed E-state index contributed by atoms with van der Waals surface area (Å²) < 4.78 is 0. The van der Waals surface area contributed by atoms with Crippen molar-refractivity contribution in [2.24, 2.45) is 4.99 Å². The minimum Gasteiger partial charge on any atom is -0.266 e. The minimum absolute atomic E-state index is 0.359. The summed E-state index contributed by atoms with van der Waals surface area (Å²) in [4.78, 5) is 14.1. The molecule has 0 aromatic carbocycles. The third kappa shape index (κ3) is 7.06. The zero-order chi connectivity index (χ0) is 10.7. The van der Waals surface area contributed by atoms with Gasteiger partial charge in [-0.05, 0) is 18.3 Å². The van der Waals surface area contributed by atoms with Gasteiger partial charge in [0.05, 0.1) is 5.16 Å². The van der Waals surface area contributed by atoms with Crippen LogP contribution in [0.15, 0.2) is 42.0 Å². The molecule has 3 heteroatoms. The van der Waals surface area contributed by atoms with Crippen molar-refractivity contribution in [1.29, 1.82) is 0 Å². The van der Waals surface area contributed by atoms with Crippen LogP contribution in [0.4, 0.5) is 0 Å². The Kier molecular flexibility index (Phi) is 11.7. The fourth-order valence-electron chi connectivity index (χ4n) is 0.460. The number of allylic oxidation sites excluding steroid dienone is 2. The molecule has 13 heavy (non-hydrogen) atoms. The van der Waals surface area contributed by atoms with E-state index < -0.39 is 5.91 Å². The van der Waals surface area contributed by atoms with Gasteiger partial charge in [-0.15, -0.1) is 0 Å². The molecule has 0 atom stereocenters. The van der Waals surface area contributed by atoms with Crippen LogP contribution in [0.25, 0.3) is 0 Å². The second-order valence-electron chi connectivity index (χ2n) is 1.57. The maximum Gasteiger partial charge on any atom is 0.285 e. The van der Waals surface area contributed by atoms with E-state index in [1.807, 2.05) is 19.0 Å². The first-order chi connectivity index (χ1) is 6.26. The zero-order valence-corrected chi connectivity index (χ0v) is 8.73. The average molecular weight is 195 g/mol. The van der Waals surface area contributed by atoms with Crippen molar-refractivity contribution in [3.63, 3.8) is 0 Å². The average Bonchev–Trinajstić information content (AvgIpc) is 2.17. The first-order valence-electron chi connectivity index (χ1n) is 3.83. The van der Waals surface area contributed by atoms with Crippen LogP contribution in [0.1, 0.15) is 13.8 Å². The fraction of sp³-hybridized carbons (Fsp3) is 0.200. The van der Waals surface area contributed by atoms with Crippen LogP contribution in [0.3, 0.4) is 0 Å². The smallest absolute Gasteiger partial charge is 0.266 e. The molecule has 70 valence electrons. The molecule has 1 amide bonds. The quantitative estimate of drug-likeness (QED) is 0.300. The van der Waals surface area contributed by atoms with Gasteiger partial charge in [0.25, 0.3) is 5.91 Å². The number of aliphatic imine (C=N–C) groups is 1. The lowest BCUT2D eigenvalue weighted by molar-refractivity contribution is -0.114. The topological polar surface area (TPSA) is 29.4 Å². The first kappa shape index (κ1) is 14.2. The Morgan fingerprint density at radius 1 is 1.46 bits per heavy atom. The minimum atomic E-state index is -0.449. The number of hydrogen-bond acceptors (Lipinski definition) is 2. The molecule has 0 bridgehead atoms. The van der Waals surface area contributed by atoms with Crippen LogP contribution in [-0.4, -0.2) is 11.1 Å². The number of thiocarbonyl (C=S) groups is 1. The van der Waals surface area contributed by atoms with Crippen LogP contribution >= 0.6 is 12.2 Å². The molecule has 0 unspecified atom stereocenters. The Hall–Kier alpha value is -1.31. The molecular weight excluding hydrogens is 182 g/mol. The summed E-state index contributed by atoms with van der Waals surface area (Å²) in [5.41, 5.74) is 0.359. The first-order valence-corrected chi connectivity index (χ1v) is 4.24. The molecule has 0 saturated heterocycles. The normalized spacial score (nSPS) is 8.62. The summed E-state index contributed by atoms with van der Waals surface area (Å²) in [6.45, 7) is 10.9. The van der Waals surface area contributed by atoms with E-state index in [1.54, 1.807) is 0 Å². The molecule has 0 N–H and O–H groups in total. The van der Waals surface area contributed by atoms with Crippen LogP contribution in [0, 0.1) is 0 Å². The van der Waals surface area contributed by atoms with Crippen molar-refractivity contribution in [3.8, 4) is 0 Å². The molecule has 0 spiro atoms. The lowest BCUT2D eigenvalue weighted by atomic mass is 10.2. The van der Waals surface area contributed by atoms with Crippen LogP contribution in [0.2, 0.25) is 0 Å². The van der Waals surface area contributed by atoms with Gasteiger partial charge >= 0.3 is 0 Å². The van der Waals surface area contributed by atoms with E-state index in [0.29, 0.717) is 5.57 Å². The molecule has 0 heterocycles. The summed E-state index contributed by atoms with van der Waals surface area (Å²) in [5, 5.41) is 1.98. The molecule has 0 aliphatic heterocycles. The maximum atomic E-state index is 10.9. The lowest BCUT2D eigenvalue weighted by Gasteiger charge is -1.88. The second kappa shape index (κ2) is 10.7. The van der Waals surface area contributed by atoms with E-state index in [2.05, 4.69) is 30.4 Å². The molecule has 0 aromatic heterocycles. The van der Waals surface area contributed by atoms with E-state index in [0.717, 1.165) is 0 Å². The predicted octanol–water partition coefficient (Wildman–Crippen LogP) is 2.94. The highest BCUT2D eigenvalue weighted by molar-refractivity contribution is 7.78. The Labute approximate surface area is 84.4 Å². The highest BCUT2D eigenvalue weighted by atomic mass is 32.1. The molecule has 0 aliphatic rings. The molecule has 0 saturated carbocycles. The molecule has 0 aromatic rings. The second-order valence-corrected chi connectivity index (χ2v) is 1.75. The Bertz CT molecular complexity index is 260. The summed E-state index contributed by atoms with van der Waals surface area (Å²) in [7, 11) is 0. The number of nitrogens with zero attached hydrogens (tertiary/aromatic N) is 1. The van der Waals surface area contributed by atoms with Gasteiger partial charge in [0.2, 0.25) is 0 Å². The number of isothiocyanates is 1. The van der Waals surface area contributed by atoms with Crippen molar-refractivity contribution in [3.05, 3.63) is 37.0 Å². The van der Waals surface area contributed by atoms with Crippen molar-refractivity contribution >= 4 is 23.3 Å². The molecule has 0 radical (unpaired) electrons. The van der Waals surface area contributed by atoms with Gasteiger partial charge in [0.15, 0.2) is 0 Å². The molecule has 0 aliphatic carbocycles. The van der Waals surface area contributed by atoms with E-state index in [1.165, 1.54) is 18.2 Å². The summed E-state index contributed by atoms with van der Waals surface area (Å²) in [6, 6.07) is 0. The number of carbonyl (C=O) groups excluding carboxylic acids is 1. The maximum absolute atomic E-state index is 10.9. The number of hydrogen-bond donors (Lipinski definition) is 0. The Morgan fingerprint density at radius 3 is 2.31 bits per heavy atom. The fourth-order valence-corrected chi connectivity index (χ4v) is 0.543. The van der Waals surface area contributed by atoms with Gasteiger partial charge in [-0.1, -0.05) is 39.2 Å². The van der Waals surface area contributed by atoms with Gasteiger partial charge in [0.1, 0.15) is 0 Å². The van der Waals surface area contributed by atoms with Gasteiger partial charge in [-0.3, -0.25) is 4.79 Å². The van der Waals surface area contributed by atoms with E-state index >= 15 is 0 Å². The monoisotopic (exact) mass is 195 g/mol. The third-order valence-corrected chi connectivity index (χ3v) is 1.00. The van der Waals surface area contributed by atoms with E-state index in [9.17, 15) is 4.79 Å². The van der Waals surface area contributed by atoms with E-state index in [4.69, 9.17) is 0 Å². The number of amides is 1. The third-order valence-electron chi connectivity index (χ3n) is 0.911. The standard InChI is InChI=1S/C8H7NOS.C2H6/c1-3-5-7(4-2)8(10)9-6-11;1-2/h3-5H,1-2H2;1-2H3/b7-5+;. The predicted molar refractivity (Wildman–Crippen MR) is 59.9 cm³/mol. The van der Waals surface area contributed by atoms with E-state index in [-0.39, 0.29) is 0 Å². The largest absolute Gasteiger partial charge is 0.285 e. The Morgan fingerprint density at radius 2 is 2.00 bits per heavy atom. The highest BCUT2D eigenvalue weighted by Crippen LogP contribution is 1.98. The van der Waals surface area contributed by atoms with Crippen molar-refractivity contribution in [2.45, 2.75) is 13.8 Å². The van der Waals surface area contributed by atoms with Gasteiger partial charge in [-0.25, -0.2) is 0 Å². The summed E-state index contributed by atoms with van der Waals surface area (Å²) in [5.74, 6) is -0.449. The number of carbonyl (C=O) groups is 1. The summed E-state index contributed by atoms with van der Waals surface area (Å²) in [6.07, 6.45) is 4.37. The van der Waals surface area contributed by atoms with Crippen LogP contribution < -0.4 is 0 Å². The van der Waals surface area contributed by atoms with Crippen molar-refractivity contribution in [1.82, 2.24) is 0 Å². The van der Waals surface area contributed by atoms with Gasteiger partial charge in [-0.2, -0.15) is 4.99 Å². The SMILES string of the molecule is C=C/C=C(\C=C)C(=O)N=C=S.CC. The Balaban J connectivity index is 0. The molecule has 0 rings (SSSR count). The molecule has 2 nitrogen and oxygen atoms in total. The van der Waals surface area contributed by atoms with Gasteiger partial charge in [0, 0.05) is 5.57 Å². The highest BCUT2D eigenvalue weighted by Gasteiger charge is 2.00. The van der Waals surface area contributed by atoms with Crippen LogP contribution in [-0.2, 0) is 4.79 Å². The molecular formula is C10H13NOS. The summed E-state index contributed by atoms with van der Waals surface area (Å²) >= 11 is 4.25.